The van der Waals surface area contributed by atoms with Gasteiger partial charge in [-0.2, -0.15) is 13.2 Å². The van der Waals surface area contributed by atoms with Crippen LogP contribution in [0.2, 0.25) is 0 Å². The van der Waals surface area contributed by atoms with Crippen LogP contribution in [0.3, 0.4) is 0 Å². The SMILES string of the molecule is CSCNC(C(N)=O)c1ccc(C(F)(F)F)cc1. The number of nitrogens with two attached hydrogens (primary N) is 1. The van der Waals surface area contributed by atoms with Gasteiger partial charge in [-0.15, -0.1) is 11.8 Å². The highest BCUT2D eigenvalue weighted by Crippen LogP contribution is 2.29. The molecule has 7 heteroatoms. The number of alkyl halides is 3. The third-order valence-corrected chi connectivity index (χ3v) is 2.74. The van der Waals surface area contributed by atoms with Gasteiger partial charge in [0.25, 0.3) is 0 Å². The molecule has 0 bridgehead atoms. The third-order valence-electron chi connectivity index (χ3n) is 2.29. The van der Waals surface area contributed by atoms with Crippen molar-refractivity contribution in [2.24, 2.45) is 5.73 Å². The Balaban J connectivity index is 2.90. The van der Waals surface area contributed by atoms with E-state index in [1.807, 2.05) is 6.26 Å². The average molecular weight is 278 g/mol. The molecule has 3 nitrogen and oxygen atoms in total. The van der Waals surface area contributed by atoms with Gasteiger partial charge in [-0.3, -0.25) is 10.1 Å². The first-order chi connectivity index (χ1) is 8.36. The van der Waals surface area contributed by atoms with E-state index in [0.717, 1.165) is 12.1 Å². The van der Waals surface area contributed by atoms with Crippen molar-refractivity contribution in [2.45, 2.75) is 12.2 Å². The lowest BCUT2D eigenvalue weighted by molar-refractivity contribution is -0.137. The van der Waals surface area contributed by atoms with Crippen molar-refractivity contribution in [2.75, 3.05) is 12.1 Å². The number of amides is 1. The molecule has 1 aromatic carbocycles. The molecular weight excluding hydrogens is 265 g/mol. The molecule has 1 aromatic rings. The molecule has 0 saturated carbocycles. The van der Waals surface area contributed by atoms with Crippen LogP contribution in [-0.2, 0) is 11.0 Å². The van der Waals surface area contributed by atoms with E-state index in [1.165, 1.54) is 23.9 Å². The third kappa shape index (κ3) is 3.92. The largest absolute Gasteiger partial charge is 0.416 e. The Labute approximate surface area is 107 Å². The van der Waals surface area contributed by atoms with Crippen molar-refractivity contribution in [3.8, 4) is 0 Å². The van der Waals surface area contributed by atoms with Gasteiger partial charge in [-0.25, -0.2) is 0 Å². The molecule has 1 unspecified atom stereocenters. The quantitative estimate of drug-likeness (QED) is 0.811. The van der Waals surface area contributed by atoms with E-state index in [0.29, 0.717) is 11.4 Å². The summed E-state index contributed by atoms with van der Waals surface area (Å²) in [5.74, 6) is -0.141. The summed E-state index contributed by atoms with van der Waals surface area (Å²) < 4.78 is 37.1. The Hall–Kier alpha value is -1.21. The number of primary amides is 1. The van der Waals surface area contributed by atoms with Crippen LogP contribution in [-0.4, -0.2) is 18.0 Å². The van der Waals surface area contributed by atoms with Gasteiger partial charge < -0.3 is 5.73 Å². The summed E-state index contributed by atoms with van der Waals surface area (Å²) in [5.41, 5.74) is 4.87. The molecule has 100 valence electrons. The van der Waals surface area contributed by atoms with E-state index in [-0.39, 0.29) is 0 Å². The summed E-state index contributed by atoms with van der Waals surface area (Å²) in [5, 5.41) is 2.85. The van der Waals surface area contributed by atoms with Crippen LogP contribution in [0.4, 0.5) is 13.2 Å². The van der Waals surface area contributed by atoms with Crippen LogP contribution in [0.15, 0.2) is 24.3 Å². The molecule has 0 heterocycles. The Morgan fingerprint density at radius 2 is 1.94 bits per heavy atom. The molecule has 0 spiro atoms. The Morgan fingerprint density at radius 3 is 2.33 bits per heavy atom. The minimum atomic E-state index is -4.38. The molecule has 0 aromatic heterocycles. The van der Waals surface area contributed by atoms with Gasteiger partial charge in [0.05, 0.1) is 5.56 Å². The van der Waals surface area contributed by atoms with E-state index in [4.69, 9.17) is 5.73 Å². The van der Waals surface area contributed by atoms with Gasteiger partial charge in [0.2, 0.25) is 5.91 Å². The first-order valence-electron chi connectivity index (χ1n) is 5.05. The lowest BCUT2D eigenvalue weighted by Crippen LogP contribution is -2.33. The van der Waals surface area contributed by atoms with E-state index >= 15 is 0 Å². The van der Waals surface area contributed by atoms with Crippen molar-refractivity contribution in [3.63, 3.8) is 0 Å². The Kier molecular flexibility index (Phi) is 5.03. The molecule has 0 saturated heterocycles. The number of benzene rings is 1. The molecule has 1 rings (SSSR count). The highest BCUT2D eigenvalue weighted by atomic mass is 32.2. The summed E-state index contributed by atoms with van der Waals surface area (Å²) in [7, 11) is 0. The van der Waals surface area contributed by atoms with Crippen LogP contribution in [0, 0.1) is 0 Å². The standard InChI is InChI=1S/C11H13F3N2OS/c1-18-6-16-9(10(15)17)7-2-4-8(5-3-7)11(12,13)14/h2-5,9,16H,6H2,1H3,(H2,15,17). The molecule has 0 radical (unpaired) electrons. The number of hydrogen-bond donors (Lipinski definition) is 2. The van der Waals surface area contributed by atoms with Crippen LogP contribution >= 0.6 is 11.8 Å². The van der Waals surface area contributed by atoms with Crippen LogP contribution in [0.25, 0.3) is 0 Å². The van der Waals surface area contributed by atoms with Crippen molar-refractivity contribution in [1.82, 2.24) is 5.32 Å². The fraction of sp³-hybridized carbons (Fsp3) is 0.364. The first kappa shape index (κ1) is 14.8. The zero-order valence-electron chi connectivity index (χ0n) is 9.62. The van der Waals surface area contributed by atoms with E-state index in [9.17, 15) is 18.0 Å². The maximum atomic E-state index is 12.4. The van der Waals surface area contributed by atoms with Crippen LogP contribution in [0.1, 0.15) is 17.2 Å². The second-order valence-corrected chi connectivity index (χ2v) is 4.46. The maximum absolute atomic E-state index is 12.4. The molecule has 1 amide bonds. The normalized spacial score (nSPS) is 13.3. The van der Waals surface area contributed by atoms with Gasteiger partial charge in [-0.1, -0.05) is 12.1 Å². The van der Waals surface area contributed by atoms with Gasteiger partial charge in [0, 0.05) is 5.88 Å². The first-order valence-corrected chi connectivity index (χ1v) is 6.44. The van der Waals surface area contributed by atoms with E-state index in [2.05, 4.69) is 5.32 Å². The molecule has 0 fully saturated rings. The minimum Gasteiger partial charge on any atom is -0.368 e. The zero-order chi connectivity index (χ0) is 13.8. The summed E-state index contributed by atoms with van der Waals surface area (Å²) in [6.07, 6.45) is -2.55. The van der Waals surface area contributed by atoms with Gasteiger partial charge in [-0.05, 0) is 24.0 Å². The number of carbonyl (C=O) groups excluding carboxylic acids is 1. The molecule has 1 atom stereocenters. The highest BCUT2D eigenvalue weighted by molar-refractivity contribution is 7.98. The van der Waals surface area contributed by atoms with Crippen molar-refractivity contribution >= 4 is 17.7 Å². The highest BCUT2D eigenvalue weighted by Gasteiger charge is 2.30. The van der Waals surface area contributed by atoms with Gasteiger partial charge in [0.1, 0.15) is 6.04 Å². The van der Waals surface area contributed by atoms with Crippen LogP contribution in [0.5, 0.6) is 0 Å². The van der Waals surface area contributed by atoms with Crippen molar-refractivity contribution in [1.29, 1.82) is 0 Å². The lowest BCUT2D eigenvalue weighted by atomic mass is 10.0. The van der Waals surface area contributed by atoms with Crippen molar-refractivity contribution in [3.05, 3.63) is 35.4 Å². The van der Waals surface area contributed by atoms with E-state index < -0.39 is 23.7 Å². The van der Waals surface area contributed by atoms with Crippen LogP contribution < -0.4 is 11.1 Å². The van der Waals surface area contributed by atoms with Crippen molar-refractivity contribution < 1.29 is 18.0 Å². The molecule has 0 aliphatic rings. The summed E-state index contributed by atoms with van der Waals surface area (Å²) in [6, 6.07) is 3.61. The second kappa shape index (κ2) is 6.10. The topological polar surface area (TPSA) is 55.1 Å². The maximum Gasteiger partial charge on any atom is 0.416 e. The molecule has 0 aliphatic carbocycles. The second-order valence-electron chi connectivity index (χ2n) is 3.59. The molecule has 3 N–H and O–H groups in total. The molecule has 18 heavy (non-hydrogen) atoms. The average Bonchev–Trinajstić information content (AvgIpc) is 2.28. The smallest absolute Gasteiger partial charge is 0.368 e. The minimum absolute atomic E-state index is 0.421. The number of rotatable bonds is 5. The predicted molar refractivity (Wildman–Crippen MR) is 64.9 cm³/mol. The van der Waals surface area contributed by atoms with Gasteiger partial charge >= 0.3 is 6.18 Å². The number of hydrogen-bond acceptors (Lipinski definition) is 3. The fourth-order valence-corrected chi connectivity index (χ4v) is 1.75. The predicted octanol–water partition coefficient (Wildman–Crippen LogP) is 2.14. The van der Waals surface area contributed by atoms with E-state index in [1.54, 1.807) is 0 Å². The number of carbonyl (C=O) groups is 1. The fourth-order valence-electron chi connectivity index (χ4n) is 1.41. The zero-order valence-corrected chi connectivity index (χ0v) is 10.4. The molecular formula is C11H13F3N2OS. The number of halogens is 3. The number of thioether (sulfide) groups is 1. The Morgan fingerprint density at radius 1 is 1.39 bits per heavy atom. The lowest BCUT2D eigenvalue weighted by Gasteiger charge is -2.16. The summed E-state index contributed by atoms with van der Waals surface area (Å²) >= 11 is 1.45. The Bertz CT molecular complexity index is 406. The molecule has 0 aliphatic heterocycles. The summed E-state index contributed by atoms with van der Waals surface area (Å²) in [4.78, 5) is 11.2. The number of nitrogens with one attached hydrogen (secondary N) is 1. The summed E-state index contributed by atoms with van der Waals surface area (Å²) in [6.45, 7) is 0. The monoisotopic (exact) mass is 278 g/mol. The van der Waals surface area contributed by atoms with Gasteiger partial charge in [0.15, 0.2) is 0 Å².